The van der Waals surface area contributed by atoms with Crippen LogP contribution in [0, 0.1) is 12.7 Å². The molecule has 4 amide bonds. The molecule has 1 saturated heterocycles. The quantitative estimate of drug-likeness (QED) is 0.685. The highest BCUT2D eigenvalue weighted by Gasteiger charge is 2.28. The third kappa shape index (κ3) is 5.88. The van der Waals surface area contributed by atoms with E-state index >= 15 is 0 Å². The molecule has 0 saturated carbocycles. The standard InChI is InChI=1S/C23H27FN4O3/c1-15-7-3-4-8-18(15)22(30)25-17-11-13-28(14-12-17)16(2)21(29)27-23(31)26-20-10-6-5-9-19(20)24/h3-10,16-17H,11-14H2,1-2H3,(H,25,30)(H2,26,27,29,31). The van der Waals surface area contributed by atoms with Crippen molar-refractivity contribution in [2.24, 2.45) is 0 Å². The van der Waals surface area contributed by atoms with Crippen LogP contribution in [0.1, 0.15) is 35.7 Å². The lowest BCUT2D eigenvalue weighted by molar-refractivity contribution is -0.125. The number of amides is 4. The minimum absolute atomic E-state index is 0.00524. The van der Waals surface area contributed by atoms with Crippen LogP contribution in [0.4, 0.5) is 14.9 Å². The van der Waals surface area contributed by atoms with E-state index in [2.05, 4.69) is 16.0 Å². The van der Waals surface area contributed by atoms with Gasteiger partial charge in [0.25, 0.3) is 5.91 Å². The minimum Gasteiger partial charge on any atom is -0.349 e. The second-order valence-electron chi connectivity index (χ2n) is 7.70. The topological polar surface area (TPSA) is 90.5 Å². The zero-order chi connectivity index (χ0) is 22.4. The monoisotopic (exact) mass is 426 g/mol. The number of nitrogens with zero attached hydrogens (tertiary/aromatic N) is 1. The van der Waals surface area contributed by atoms with Crippen LogP contribution < -0.4 is 16.0 Å². The maximum absolute atomic E-state index is 13.6. The smallest absolute Gasteiger partial charge is 0.326 e. The van der Waals surface area contributed by atoms with Crippen molar-refractivity contribution in [2.75, 3.05) is 18.4 Å². The molecule has 1 fully saturated rings. The Labute approximate surface area is 181 Å². The number of benzene rings is 2. The van der Waals surface area contributed by atoms with E-state index in [0.717, 1.165) is 5.56 Å². The van der Waals surface area contributed by atoms with Gasteiger partial charge in [-0.2, -0.15) is 0 Å². The highest BCUT2D eigenvalue weighted by Crippen LogP contribution is 2.16. The number of piperidine rings is 1. The molecule has 164 valence electrons. The van der Waals surface area contributed by atoms with Crippen molar-refractivity contribution in [3.8, 4) is 0 Å². The molecule has 31 heavy (non-hydrogen) atoms. The van der Waals surface area contributed by atoms with Crippen LogP contribution in [0.3, 0.4) is 0 Å². The average Bonchev–Trinajstić information content (AvgIpc) is 2.75. The van der Waals surface area contributed by atoms with Gasteiger partial charge in [-0.25, -0.2) is 9.18 Å². The van der Waals surface area contributed by atoms with Gasteiger partial charge in [-0.1, -0.05) is 30.3 Å². The number of hydrogen-bond donors (Lipinski definition) is 3. The number of urea groups is 1. The summed E-state index contributed by atoms with van der Waals surface area (Å²) in [7, 11) is 0. The number of para-hydroxylation sites is 1. The van der Waals surface area contributed by atoms with Gasteiger partial charge in [0.1, 0.15) is 5.82 Å². The van der Waals surface area contributed by atoms with Crippen molar-refractivity contribution in [3.05, 3.63) is 65.5 Å². The first-order valence-electron chi connectivity index (χ1n) is 10.3. The highest BCUT2D eigenvalue weighted by molar-refractivity contribution is 6.02. The maximum atomic E-state index is 13.6. The number of halogens is 1. The van der Waals surface area contributed by atoms with Crippen molar-refractivity contribution in [1.29, 1.82) is 0 Å². The van der Waals surface area contributed by atoms with E-state index in [9.17, 15) is 18.8 Å². The first kappa shape index (κ1) is 22.4. The van der Waals surface area contributed by atoms with Crippen LogP contribution in [0.5, 0.6) is 0 Å². The summed E-state index contributed by atoms with van der Waals surface area (Å²) in [6.07, 6.45) is 1.41. The van der Waals surface area contributed by atoms with E-state index in [1.54, 1.807) is 19.1 Å². The summed E-state index contributed by atoms with van der Waals surface area (Å²) < 4.78 is 13.6. The number of nitrogens with one attached hydrogen (secondary N) is 3. The number of aryl methyl sites for hydroxylation is 1. The Morgan fingerprint density at radius 1 is 1.03 bits per heavy atom. The van der Waals surface area contributed by atoms with Gasteiger partial charge in [-0.15, -0.1) is 0 Å². The van der Waals surface area contributed by atoms with Crippen LogP contribution in [0.25, 0.3) is 0 Å². The number of carbonyl (C=O) groups is 3. The fourth-order valence-electron chi connectivity index (χ4n) is 3.62. The minimum atomic E-state index is -0.776. The molecule has 1 unspecified atom stereocenters. The summed E-state index contributed by atoms with van der Waals surface area (Å²) in [6, 6.07) is 11.9. The summed E-state index contributed by atoms with van der Waals surface area (Å²) in [4.78, 5) is 38.9. The summed E-state index contributed by atoms with van der Waals surface area (Å²) in [6.45, 7) is 4.85. The second-order valence-corrected chi connectivity index (χ2v) is 7.70. The third-order valence-corrected chi connectivity index (χ3v) is 5.54. The molecule has 2 aromatic carbocycles. The molecule has 3 rings (SSSR count). The summed E-state index contributed by atoms with van der Waals surface area (Å²) in [5.74, 6) is -1.13. The van der Waals surface area contributed by atoms with Gasteiger partial charge in [0, 0.05) is 24.7 Å². The molecule has 3 N–H and O–H groups in total. The van der Waals surface area contributed by atoms with Gasteiger partial charge in [0.05, 0.1) is 11.7 Å². The molecule has 1 heterocycles. The number of likely N-dealkylation sites (tertiary alicyclic amines) is 1. The van der Waals surface area contributed by atoms with E-state index < -0.39 is 23.8 Å². The third-order valence-electron chi connectivity index (χ3n) is 5.54. The SMILES string of the molecule is Cc1ccccc1C(=O)NC1CCN(C(C)C(=O)NC(=O)Nc2ccccc2F)CC1. The molecule has 0 aliphatic carbocycles. The van der Waals surface area contributed by atoms with Gasteiger partial charge < -0.3 is 10.6 Å². The molecule has 0 spiro atoms. The highest BCUT2D eigenvalue weighted by atomic mass is 19.1. The summed E-state index contributed by atoms with van der Waals surface area (Å²) in [5, 5.41) is 7.66. The van der Waals surface area contributed by atoms with Crippen molar-refractivity contribution >= 4 is 23.5 Å². The van der Waals surface area contributed by atoms with Crippen LogP contribution in [-0.4, -0.2) is 47.9 Å². The van der Waals surface area contributed by atoms with Crippen LogP contribution in [0.2, 0.25) is 0 Å². The van der Waals surface area contributed by atoms with E-state index in [-0.39, 0.29) is 17.6 Å². The summed E-state index contributed by atoms with van der Waals surface area (Å²) >= 11 is 0. The van der Waals surface area contributed by atoms with Crippen LogP contribution >= 0.6 is 0 Å². The Kier molecular flexibility index (Phi) is 7.36. The van der Waals surface area contributed by atoms with E-state index in [1.807, 2.05) is 30.0 Å². The van der Waals surface area contributed by atoms with Gasteiger partial charge in [0.15, 0.2) is 0 Å². The lowest BCUT2D eigenvalue weighted by atomic mass is 10.0. The van der Waals surface area contributed by atoms with Gasteiger partial charge in [0.2, 0.25) is 5.91 Å². The Morgan fingerprint density at radius 2 is 1.68 bits per heavy atom. The van der Waals surface area contributed by atoms with E-state index in [1.165, 1.54) is 18.2 Å². The predicted octanol–water partition coefficient (Wildman–Crippen LogP) is 3.07. The van der Waals surface area contributed by atoms with Crippen LogP contribution in [-0.2, 0) is 4.79 Å². The molecule has 1 aliphatic heterocycles. The first-order chi connectivity index (χ1) is 14.8. The van der Waals surface area contributed by atoms with E-state index in [4.69, 9.17) is 0 Å². The molecular weight excluding hydrogens is 399 g/mol. The normalized spacial score (nSPS) is 15.7. The molecule has 0 radical (unpaired) electrons. The lowest BCUT2D eigenvalue weighted by Gasteiger charge is -2.35. The van der Waals surface area contributed by atoms with Gasteiger partial charge in [-0.05, 0) is 50.5 Å². The Balaban J connectivity index is 1.46. The van der Waals surface area contributed by atoms with E-state index in [0.29, 0.717) is 31.5 Å². The van der Waals surface area contributed by atoms with Crippen molar-refractivity contribution in [2.45, 2.75) is 38.8 Å². The summed E-state index contributed by atoms with van der Waals surface area (Å²) in [5.41, 5.74) is 1.60. The van der Waals surface area contributed by atoms with Gasteiger partial charge in [-0.3, -0.25) is 19.8 Å². The molecule has 8 heteroatoms. The lowest BCUT2D eigenvalue weighted by Crippen LogP contribution is -2.53. The van der Waals surface area contributed by atoms with Crippen molar-refractivity contribution < 1.29 is 18.8 Å². The molecule has 0 aromatic heterocycles. The largest absolute Gasteiger partial charge is 0.349 e. The molecule has 7 nitrogen and oxygen atoms in total. The number of rotatable bonds is 5. The second kappa shape index (κ2) is 10.2. The molecule has 1 aliphatic rings. The predicted molar refractivity (Wildman–Crippen MR) is 116 cm³/mol. The first-order valence-corrected chi connectivity index (χ1v) is 10.3. The maximum Gasteiger partial charge on any atom is 0.326 e. The average molecular weight is 426 g/mol. The Bertz CT molecular complexity index is 957. The molecule has 1 atom stereocenters. The Hall–Kier alpha value is -3.26. The van der Waals surface area contributed by atoms with Crippen molar-refractivity contribution in [3.63, 3.8) is 0 Å². The number of hydrogen-bond acceptors (Lipinski definition) is 4. The zero-order valence-electron chi connectivity index (χ0n) is 17.7. The van der Waals surface area contributed by atoms with Crippen molar-refractivity contribution in [1.82, 2.24) is 15.5 Å². The Morgan fingerprint density at radius 3 is 2.35 bits per heavy atom. The molecule has 0 bridgehead atoms. The number of carbonyl (C=O) groups excluding carboxylic acids is 3. The molecule has 2 aromatic rings. The van der Waals surface area contributed by atoms with Gasteiger partial charge >= 0.3 is 6.03 Å². The fourth-order valence-corrected chi connectivity index (χ4v) is 3.62. The zero-order valence-corrected chi connectivity index (χ0v) is 17.7. The fraction of sp³-hybridized carbons (Fsp3) is 0.348. The number of anilines is 1. The molecular formula is C23H27FN4O3. The van der Waals surface area contributed by atoms with Crippen LogP contribution in [0.15, 0.2) is 48.5 Å². The number of imide groups is 1.